The van der Waals surface area contributed by atoms with Crippen LogP contribution in [0.4, 0.5) is 15.8 Å². The van der Waals surface area contributed by atoms with Gasteiger partial charge in [-0.2, -0.15) is 0 Å². The van der Waals surface area contributed by atoms with E-state index in [0.29, 0.717) is 17.9 Å². The molecule has 18 heavy (non-hydrogen) atoms. The zero-order valence-electron chi connectivity index (χ0n) is 9.97. The van der Waals surface area contributed by atoms with Gasteiger partial charge in [-0.25, -0.2) is 4.39 Å². The maximum Gasteiger partial charge on any atom is 0.143 e. The SMILES string of the molecule is CCc1ccc(CNc2cc(F)c(Cl)cc2N)s1. The molecule has 0 saturated carbocycles. The minimum absolute atomic E-state index is 0.0439. The molecule has 1 heterocycles. The highest BCUT2D eigenvalue weighted by atomic mass is 35.5. The number of aryl methyl sites for hydroxylation is 1. The molecule has 0 atom stereocenters. The van der Waals surface area contributed by atoms with Gasteiger partial charge in [0.15, 0.2) is 0 Å². The summed E-state index contributed by atoms with van der Waals surface area (Å²) >= 11 is 7.39. The molecule has 1 aromatic carbocycles. The first-order valence-corrected chi connectivity index (χ1v) is 6.85. The molecule has 0 aliphatic rings. The molecular formula is C13H14ClFN2S. The Labute approximate surface area is 115 Å². The Morgan fingerprint density at radius 3 is 2.72 bits per heavy atom. The predicted molar refractivity (Wildman–Crippen MR) is 76.8 cm³/mol. The number of nitrogen functional groups attached to an aromatic ring is 1. The van der Waals surface area contributed by atoms with Crippen LogP contribution in [0.2, 0.25) is 5.02 Å². The van der Waals surface area contributed by atoms with Crippen LogP contribution in [0.3, 0.4) is 0 Å². The third-order valence-electron chi connectivity index (χ3n) is 2.61. The van der Waals surface area contributed by atoms with Crippen molar-refractivity contribution in [3.05, 3.63) is 44.9 Å². The molecule has 5 heteroatoms. The van der Waals surface area contributed by atoms with Crippen molar-refractivity contribution in [2.45, 2.75) is 19.9 Å². The van der Waals surface area contributed by atoms with Crippen LogP contribution in [-0.2, 0) is 13.0 Å². The van der Waals surface area contributed by atoms with E-state index >= 15 is 0 Å². The van der Waals surface area contributed by atoms with Crippen molar-refractivity contribution in [1.82, 2.24) is 0 Å². The Hall–Kier alpha value is -1.26. The summed E-state index contributed by atoms with van der Waals surface area (Å²) in [6.07, 6.45) is 1.03. The van der Waals surface area contributed by atoms with Crippen molar-refractivity contribution < 1.29 is 4.39 Å². The van der Waals surface area contributed by atoms with Crippen LogP contribution >= 0.6 is 22.9 Å². The van der Waals surface area contributed by atoms with E-state index in [1.54, 1.807) is 11.3 Å². The van der Waals surface area contributed by atoms with Crippen LogP contribution in [0, 0.1) is 5.82 Å². The summed E-state index contributed by atoms with van der Waals surface area (Å²) in [7, 11) is 0. The summed E-state index contributed by atoms with van der Waals surface area (Å²) < 4.78 is 13.3. The summed E-state index contributed by atoms with van der Waals surface area (Å²) in [6, 6.07) is 6.92. The van der Waals surface area contributed by atoms with Gasteiger partial charge in [-0.05, 0) is 24.6 Å². The number of benzene rings is 1. The lowest BCUT2D eigenvalue weighted by atomic mass is 10.2. The Kier molecular flexibility index (Phi) is 4.09. The standard InChI is InChI=1S/C13H14ClFN2S/c1-2-8-3-4-9(18-8)7-17-13-6-11(15)10(14)5-12(13)16/h3-6,17H,2,7,16H2,1H3. The van der Waals surface area contributed by atoms with E-state index in [9.17, 15) is 4.39 Å². The van der Waals surface area contributed by atoms with E-state index < -0.39 is 5.82 Å². The lowest BCUT2D eigenvalue weighted by Crippen LogP contribution is -2.02. The molecular weight excluding hydrogens is 271 g/mol. The quantitative estimate of drug-likeness (QED) is 0.822. The monoisotopic (exact) mass is 284 g/mol. The molecule has 0 amide bonds. The molecule has 3 N–H and O–H groups in total. The molecule has 2 rings (SSSR count). The zero-order valence-corrected chi connectivity index (χ0v) is 11.5. The van der Waals surface area contributed by atoms with Crippen molar-refractivity contribution in [3.63, 3.8) is 0 Å². The topological polar surface area (TPSA) is 38.0 Å². The Morgan fingerprint density at radius 2 is 2.06 bits per heavy atom. The van der Waals surface area contributed by atoms with Crippen molar-refractivity contribution in [2.24, 2.45) is 0 Å². The normalized spacial score (nSPS) is 10.6. The highest BCUT2D eigenvalue weighted by Crippen LogP contribution is 2.27. The first kappa shape index (κ1) is 13.2. The maximum absolute atomic E-state index is 13.3. The van der Waals surface area contributed by atoms with Crippen LogP contribution in [-0.4, -0.2) is 0 Å². The van der Waals surface area contributed by atoms with E-state index in [1.807, 2.05) is 0 Å². The fourth-order valence-electron chi connectivity index (χ4n) is 1.61. The van der Waals surface area contributed by atoms with Gasteiger partial charge in [-0.3, -0.25) is 0 Å². The summed E-state index contributed by atoms with van der Waals surface area (Å²) in [5.74, 6) is -0.464. The van der Waals surface area contributed by atoms with Gasteiger partial charge in [0, 0.05) is 22.4 Å². The van der Waals surface area contributed by atoms with E-state index in [0.717, 1.165) is 6.42 Å². The third kappa shape index (κ3) is 2.94. The molecule has 0 saturated heterocycles. The Balaban J connectivity index is 2.08. The molecule has 0 bridgehead atoms. The fraction of sp³-hybridized carbons (Fsp3) is 0.231. The van der Waals surface area contributed by atoms with Crippen LogP contribution in [0.25, 0.3) is 0 Å². The smallest absolute Gasteiger partial charge is 0.143 e. The number of halogens is 2. The Morgan fingerprint density at radius 1 is 1.33 bits per heavy atom. The second-order valence-corrected chi connectivity index (χ2v) is 5.59. The van der Waals surface area contributed by atoms with Gasteiger partial charge in [0.2, 0.25) is 0 Å². The number of thiophene rings is 1. The van der Waals surface area contributed by atoms with Gasteiger partial charge in [0.25, 0.3) is 0 Å². The summed E-state index contributed by atoms with van der Waals surface area (Å²) in [5.41, 5.74) is 6.80. The van der Waals surface area contributed by atoms with Gasteiger partial charge in [-0.1, -0.05) is 18.5 Å². The van der Waals surface area contributed by atoms with Crippen LogP contribution < -0.4 is 11.1 Å². The van der Waals surface area contributed by atoms with Gasteiger partial charge in [0.1, 0.15) is 5.82 Å². The molecule has 1 aromatic heterocycles. The molecule has 0 radical (unpaired) electrons. The molecule has 0 aliphatic carbocycles. The first-order chi connectivity index (χ1) is 8.60. The number of rotatable bonds is 4. The number of hydrogen-bond acceptors (Lipinski definition) is 3. The third-order valence-corrected chi connectivity index (χ3v) is 4.13. The van der Waals surface area contributed by atoms with Gasteiger partial charge in [-0.15, -0.1) is 11.3 Å². The second-order valence-electron chi connectivity index (χ2n) is 3.93. The molecule has 2 aromatic rings. The van der Waals surface area contributed by atoms with Crippen molar-refractivity contribution >= 4 is 34.3 Å². The van der Waals surface area contributed by atoms with Crippen LogP contribution in [0.5, 0.6) is 0 Å². The first-order valence-electron chi connectivity index (χ1n) is 5.66. The molecule has 0 fully saturated rings. The van der Waals surface area contributed by atoms with Crippen LogP contribution in [0.15, 0.2) is 24.3 Å². The second kappa shape index (κ2) is 5.59. The van der Waals surface area contributed by atoms with Gasteiger partial charge >= 0.3 is 0 Å². The van der Waals surface area contributed by atoms with Crippen LogP contribution in [0.1, 0.15) is 16.7 Å². The zero-order chi connectivity index (χ0) is 13.1. The highest BCUT2D eigenvalue weighted by Gasteiger charge is 2.06. The maximum atomic E-state index is 13.3. The summed E-state index contributed by atoms with van der Waals surface area (Å²) in [4.78, 5) is 2.53. The van der Waals surface area contributed by atoms with Gasteiger partial charge < -0.3 is 11.1 Å². The summed E-state index contributed by atoms with van der Waals surface area (Å²) in [5, 5.41) is 3.17. The van der Waals surface area contributed by atoms with E-state index in [1.165, 1.54) is 21.9 Å². The molecule has 2 nitrogen and oxygen atoms in total. The van der Waals surface area contributed by atoms with E-state index in [4.69, 9.17) is 17.3 Å². The minimum Gasteiger partial charge on any atom is -0.397 e. The Bertz CT molecular complexity index is 554. The number of anilines is 2. The summed E-state index contributed by atoms with van der Waals surface area (Å²) in [6.45, 7) is 2.76. The van der Waals surface area contributed by atoms with Crippen molar-refractivity contribution in [1.29, 1.82) is 0 Å². The minimum atomic E-state index is -0.464. The largest absolute Gasteiger partial charge is 0.397 e. The van der Waals surface area contributed by atoms with Gasteiger partial charge in [0.05, 0.1) is 16.4 Å². The molecule has 0 aliphatic heterocycles. The molecule has 0 spiro atoms. The number of hydrogen-bond donors (Lipinski definition) is 2. The highest BCUT2D eigenvalue weighted by molar-refractivity contribution is 7.12. The molecule has 0 unspecified atom stereocenters. The fourth-order valence-corrected chi connectivity index (χ4v) is 2.67. The van der Waals surface area contributed by atoms with Crippen molar-refractivity contribution in [2.75, 3.05) is 11.1 Å². The predicted octanol–water partition coefficient (Wildman–Crippen LogP) is 4.30. The lowest BCUT2D eigenvalue weighted by Gasteiger charge is -2.09. The van der Waals surface area contributed by atoms with E-state index in [2.05, 4.69) is 24.4 Å². The average Bonchev–Trinajstić information content (AvgIpc) is 2.80. The average molecular weight is 285 g/mol. The lowest BCUT2D eigenvalue weighted by molar-refractivity contribution is 0.629. The number of nitrogens with two attached hydrogens (primary N) is 1. The molecule has 96 valence electrons. The van der Waals surface area contributed by atoms with E-state index in [-0.39, 0.29) is 5.02 Å². The number of nitrogens with one attached hydrogen (secondary N) is 1. The van der Waals surface area contributed by atoms with Crippen molar-refractivity contribution in [3.8, 4) is 0 Å².